The van der Waals surface area contributed by atoms with E-state index < -0.39 is 12.1 Å². The molecule has 1 aliphatic carbocycles. The van der Waals surface area contributed by atoms with Crippen LogP contribution in [0.5, 0.6) is 0 Å². The summed E-state index contributed by atoms with van der Waals surface area (Å²) < 4.78 is 4.52. The Balaban J connectivity index is 2.06. The van der Waals surface area contributed by atoms with Gasteiger partial charge in [0.25, 0.3) is 0 Å². The van der Waals surface area contributed by atoms with Gasteiger partial charge in [0, 0.05) is 0 Å². The van der Waals surface area contributed by atoms with Gasteiger partial charge in [-0.05, 0) is 36.3 Å². The van der Waals surface area contributed by atoms with Crippen molar-refractivity contribution in [3.8, 4) is 0 Å². The Morgan fingerprint density at radius 2 is 2.31 bits per heavy atom. The topological polar surface area (TPSA) is 46.5 Å². The van der Waals surface area contributed by atoms with Gasteiger partial charge in [0.05, 0.1) is 7.11 Å². The van der Waals surface area contributed by atoms with Gasteiger partial charge in [-0.3, -0.25) is 0 Å². The Labute approximate surface area is 95.0 Å². The molecule has 0 fully saturated rings. The highest BCUT2D eigenvalue weighted by Crippen LogP contribution is 2.35. The largest absolute Gasteiger partial charge is 0.467 e. The van der Waals surface area contributed by atoms with Gasteiger partial charge in [-0.15, -0.1) is 0 Å². The second-order valence-electron chi connectivity index (χ2n) is 4.21. The van der Waals surface area contributed by atoms with Crippen LogP contribution in [-0.4, -0.2) is 24.3 Å². The molecule has 16 heavy (non-hydrogen) atoms. The van der Waals surface area contributed by atoms with E-state index in [0.29, 0.717) is 6.42 Å². The molecule has 1 aromatic rings. The van der Waals surface area contributed by atoms with E-state index in [9.17, 15) is 9.90 Å². The summed E-state index contributed by atoms with van der Waals surface area (Å²) in [5.41, 5.74) is 2.61. The number of esters is 1. The second kappa shape index (κ2) is 4.66. The average molecular weight is 220 g/mol. The molecule has 0 heterocycles. The van der Waals surface area contributed by atoms with Gasteiger partial charge in [0.2, 0.25) is 0 Å². The fraction of sp³-hybridized carbons (Fsp3) is 0.462. The van der Waals surface area contributed by atoms with Crippen LogP contribution in [-0.2, 0) is 16.0 Å². The predicted octanol–water partition coefficient (Wildman–Crippen LogP) is 1.64. The smallest absolute Gasteiger partial charge is 0.334 e. The lowest BCUT2D eigenvalue weighted by Crippen LogP contribution is -2.23. The quantitative estimate of drug-likeness (QED) is 0.788. The number of benzene rings is 1. The van der Waals surface area contributed by atoms with E-state index in [0.717, 1.165) is 12.8 Å². The number of hydrogen-bond acceptors (Lipinski definition) is 3. The number of carbonyl (C=O) groups is 1. The first-order valence-corrected chi connectivity index (χ1v) is 5.56. The monoisotopic (exact) mass is 220 g/mol. The lowest BCUT2D eigenvalue weighted by Gasteiger charge is -2.14. The number of aryl methyl sites for hydroxylation is 1. The minimum atomic E-state index is -0.999. The van der Waals surface area contributed by atoms with Crippen molar-refractivity contribution in [1.29, 1.82) is 0 Å². The molecule has 1 aromatic carbocycles. The van der Waals surface area contributed by atoms with Crippen LogP contribution in [0.2, 0.25) is 0 Å². The predicted molar refractivity (Wildman–Crippen MR) is 60.1 cm³/mol. The molecule has 0 amide bonds. The molecule has 0 bridgehead atoms. The molecule has 2 atom stereocenters. The first-order valence-electron chi connectivity index (χ1n) is 5.56. The Morgan fingerprint density at radius 1 is 1.56 bits per heavy atom. The van der Waals surface area contributed by atoms with Gasteiger partial charge in [-0.2, -0.15) is 0 Å². The van der Waals surface area contributed by atoms with Crippen molar-refractivity contribution >= 4 is 5.97 Å². The first kappa shape index (κ1) is 11.1. The van der Waals surface area contributed by atoms with Crippen molar-refractivity contribution in [1.82, 2.24) is 0 Å². The Bertz CT molecular complexity index is 387. The maximum Gasteiger partial charge on any atom is 0.334 e. The molecule has 1 N–H and O–H groups in total. The van der Waals surface area contributed by atoms with Crippen molar-refractivity contribution in [2.24, 2.45) is 0 Å². The summed E-state index contributed by atoms with van der Waals surface area (Å²) in [7, 11) is 1.30. The maximum absolute atomic E-state index is 11.1. The van der Waals surface area contributed by atoms with E-state index in [1.165, 1.54) is 18.2 Å². The minimum absolute atomic E-state index is 0.283. The highest BCUT2D eigenvalue weighted by atomic mass is 16.5. The van der Waals surface area contributed by atoms with Crippen molar-refractivity contribution in [2.45, 2.75) is 31.3 Å². The molecule has 0 spiro atoms. The minimum Gasteiger partial charge on any atom is -0.467 e. The first-order chi connectivity index (χ1) is 7.72. The van der Waals surface area contributed by atoms with Crippen LogP contribution in [0.4, 0.5) is 0 Å². The van der Waals surface area contributed by atoms with Gasteiger partial charge in [-0.1, -0.05) is 24.3 Å². The second-order valence-corrected chi connectivity index (χ2v) is 4.21. The van der Waals surface area contributed by atoms with Crippen molar-refractivity contribution < 1.29 is 14.6 Å². The molecule has 0 radical (unpaired) electrons. The Morgan fingerprint density at radius 3 is 3.06 bits per heavy atom. The van der Waals surface area contributed by atoms with E-state index in [-0.39, 0.29) is 5.92 Å². The van der Waals surface area contributed by atoms with E-state index in [1.54, 1.807) is 0 Å². The molecule has 0 saturated carbocycles. The number of methoxy groups -OCH3 is 1. The molecule has 2 unspecified atom stereocenters. The maximum atomic E-state index is 11.1. The zero-order valence-corrected chi connectivity index (χ0v) is 9.35. The fourth-order valence-electron chi connectivity index (χ4n) is 2.39. The zero-order valence-electron chi connectivity index (χ0n) is 9.35. The molecule has 86 valence electrons. The normalized spacial score (nSPS) is 20.2. The number of hydrogen-bond donors (Lipinski definition) is 1. The summed E-state index contributed by atoms with van der Waals surface area (Å²) in [4.78, 5) is 11.1. The summed E-state index contributed by atoms with van der Waals surface area (Å²) in [6, 6.07) is 8.22. The van der Waals surface area contributed by atoms with Crippen LogP contribution in [0.15, 0.2) is 24.3 Å². The van der Waals surface area contributed by atoms with Crippen LogP contribution in [0, 0.1) is 0 Å². The lowest BCUT2D eigenvalue weighted by atomic mass is 9.95. The van der Waals surface area contributed by atoms with Gasteiger partial charge >= 0.3 is 5.97 Å². The molecule has 1 aliphatic rings. The van der Waals surface area contributed by atoms with Crippen molar-refractivity contribution in [2.75, 3.05) is 7.11 Å². The number of fused-ring (bicyclic) bond motifs is 1. The van der Waals surface area contributed by atoms with Crippen LogP contribution < -0.4 is 0 Å². The number of ether oxygens (including phenoxy) is 1. The standard InChI is InChI=1S/C13H16O3/c1-16-13(15)12(14)8-10-7-6-9-4-2-3-5-11(9)10/h2-5,10,12,14H,6-8H2,1H3. The Kier molecular flexibility index (Phi) is 3.25. The highest BCUT2D eigenvalue weighted by molar-refractivity contribution is 5.74. The zero-order chi connectivity index (χ0) is 11.5. The van der Waals surface area contributed by atoms with Crippen LogP contribution in [0.1, 0.15) is 29.9 Å². The number of rotatable bonds is 3. The molecule has 0 aliphatic heterocycles. The van der Waals surface area contributed by atoms with Crippen LogP contribution in [0.3, 0.4) is 0 Å². The summed E-state index contributed by atoms with van der Waals surface area (Å²) in [5.74, 6) is -0.255. The molecule has 0 saturated heterocycles. The van der Waals surface area contributed by atoms with Crippen LogP contribution in [0.25, 0.3) is 0 Å². The van der Waals surface area contributed by atoms with Gasteiger partial charge in [-0.25, -0.2) is 4.79 Å². The third-order valence-corrected chi connectivity index (χ3v) is 3.24. The number of aliphatic hydroxyl groups is 1. The van der Waals surface area contributed by atoms with E-state index in [4.69, 9.17) is 0 Å². The third-order valence-electron chi connectivity index (χ3n) is 3.24. The Hall–Kier alpha value is -1.35. The van der Waals surface area contributed by atoms with E-state index in [2.05, 4.69) is 16.9 Å². The summed E-state index contributed by atoms with van der Waals surface area (Å²) in [5, 5.41) is 9.63. The molecule has 0 aromatic heterocycles. The molecule has 3 heteroatoms. The molecule has 3 nitrogen and oxygen atoms in total. The van der Waals surface area contributed by atoms with Gasteiger partial charge in [0.15, 0.2) is 6.10 Å². The fourth-order valence-corrected chi connectivity index (χ4v) is 2.39. The lowest BCUT2D eigenvalue weighted by molar-refractivity contribution is -0.150. The molecule has 2 rings (SSSR count). The average Bonchev–Trinajstić information content (AvgIpc) is 2.72. The van der Waals surface area contributed by atoms with E-state index in [1.807, 2.05) is 12.1 Å². The SMILES string of the molecule is COC(=O)C(O)CC1CCc2ccccc21. The molecular weight excluding hydrogens is 204 g/mol. The number of carbonyl (C=O) groups excluding carboxylic acids is 1. The third kappa shape index (κ3) is 2.09. The van der Waals surface area contributed by atoms with Crippen molar-refractivity contribution in [3.63, 3.8) is 0 Å². The number of aliphatic hydroxyl groups excluding tert-OH is 1. The summed E-state index contributed by atoms with van der Waals surface area (Å²) in [6.07, 6.45) is 1.51. The summed E-state index contributed by atoms with van der Waals surface area (Å²) in [6.45, 7) is 0. The molecular formula is C13H16O3. The van der Waals surface area contributed by atoms with Crippen LogP contribution >= 0.6 is 0 Å². The van der Waals surface area contributed by atoms with Gasteiger partial charge in [0.1, 0.15) is 0 Å². The van der Waals surface area contributed by atoms with E-state index >= 15 is 0 Å². The summed E-state index contributed by atoms with van der Waals surface area (Å²) >= 11 is 0. The van der Waals surface area contributed by atoms with Crippen molar-refractivity contribution in [3.05, 3.63) is 35.4 Å². The van der Waals surface area contributed by atoms with Gasteiger partial charge < -0.3 is 9.84 Å². The highest BCUT2D eigenvalue weighted by Gasteiger charge is 2.27.